The zero-order chi connectivity index (χ0) is 19.3. The minimum Gasteiger partial charge on any atom is -0.455 e. The van der Waals surface area contributed by atoms with Gasteiger partial charge in [-0.2, -0.15) is 0 Å². The van der Waals surface area contributed by atoms with Crippen molar-refractivity contribution in [2.45, 2.75) is 26.3 Å². The highest BCUT2D eigenvalue weighted by molar-refractivity contribution is 5.94. The molecule has 0 saturated heterocycles. The minimum absolute atomic E-state index is 0.207. The molecular weight excluding hydrogens is 340 g/mol. The Kier molecular flexibility index (Phi) is 5.35. The predicted molar refractivity (Wildman–Crippen MR) is 105 cm³/mol. The molecule has 1 amide bonds. The maximum atomic E-state index is 12.2. The van der Waals surface area contributed by atoms with Crippen molar-refractivity contribution in [3.05, 3.63) is 72.6 Å². The number of anilines is 2. The lowest BCUT2D eigenvalue weighted by molar-refractivity contribution is 0.0919. The number of para-hydroxylation sites is 3. The summed E-state index contributed by atoms with van der Waals surface area (Å²) in [6.45, 7) is 5.77. The largest absolute Gasteiger partial charge is 0.455 e. The maximum absolute atomic E-state index is 12.2. The Labute approximate surface area is 158 Å². The van der Waals surface area contributed by atoms with Crippen molar-refractivity contribution in [2.24, 2.45) is 0 Å². The SMILES string of the molecule is CC(C)(C)NC(=O)c1cnc(Nc2ccccc2Oc2ccccc2)nc1. The number of rotatable bonds is 5. The first-order valence-corrected chi connectivity index (χ1v) is 8.64. The first kappa shape index (κ1) is 18.4. The van der Waals surface area contributed by atoms with Gasteiger partial charge in [0.05, 0.1) is 11.3 Å². The van der Waals surface area contributed by atoms with Crippen LogP contribution < -0.4 is 15.4 Å². The number of carbonyl (C=O) groups excluding carboxylic acids is 1. The second kappa shape index (κ2) is 7.86. The number of amides is 1. The van der Waals surface area contributed by atoms with Crippen LogP contribution in [0.1, 0.15) is 31.1 Å². The van der Waals surface area contributed by atoms with Gasteiger partial charge in [0.25, 0.3) is 5.91 Å². The summed E-state index contributed by atoms with van der Waals surface area (Å²) in [6, 6.07) is 17.1. The summed E-state index contributed by atoms with van der Waals surface area (Å²) in [6.07, 6.45) is 2.99. The van der Waals surface area contributed by atoms with Crippen LogP contribution in [0.4, 0.5) is 11.6 Å². The highest BCUT2D eigenvalue weighted by Gasteiger charge is 2.16. The van der Waals surface area contributed by atoms with Crippen LogP contribution >= 0.6 is 0 Å². The number of nitrogens with zero attached hydrogens (tertiary/aromatic N) is 2. The molecule has 0 atom stereocenters. The van der Waals surface area contributed by atoms with E-state index in [1.807, 2.05) is 75.4 Å². The molecule has 0 aliphatic rings. The third-order valence-electron chi connectivity index (χ3n) is 3.51. The predicted octanol–water partition coefficient (Wildman–Crippen LogP) is 4.54. The van der Waals surface area contributed by atoms with Crippen LogP contribution in [-0.2, 0) is 0 Å². The van der Waals surface area contributed by atoms with Crippen LogP contribution in [0.3, 0.4) is 0 Å². The molecule has 138 valence electrons. The summed E-state index contributed by atoms with van der Waals surface area (Å²) in [5.41, 5.74) is 0.819. The van der Waals surface area contributed by atoms with E-state index in [-0.39, 0.29) is 11.4 Å². The van der Waals surface area contributed by atoms with E-state index >= 15 is 0 Å². The number of carbonyl (C=O) groups is 1. The standard InChI is InChI=1S/C21H22N4O2/c1-21(2,3)25-19(26)15-13-22-20(23-14-15)24-17-11-7-8-12-18(17)27-16-9-5-4-6-10-16/h4-14H,1-3H3,(H,25,26)(H,22,23,24). The number of ether oxygens (including phenoxy) is 1. The van der Waals surface area contributed by atoms with E-state index in [9.17, 15) is 4.79 Å². The molecule has 0 aliphatic heterocycles. The van der Waals surface area contributed by atoms with Crippen LogP contribution in [0, 0.1) is 0 Å². The van der Waals surface area contributed by atoms with Gasteiger partial charge >= 0.3 is 0 Å². The van der Waals surface area contributed by atoms with Crippen LogP contribution in [-0.4, -0.2) is 21.4 Å². The average Bonchev–Trinajstić information content (AvgIpc) is 2.63. The van der Waals surface area contributed by atoms with Crippen LogP contribution in [0.2, 0.25) is 0 Å². The Balaban J connectivity index is 1.73. The average molecular weight is 362 g/mol. The van der Waals surface area contributed by atoms with Gasteiger partial charge in [0, 0.05) is 17.9 Å². The molecule has 6 nitrogen and oxygen atoms in total. The lowest BCUT2D eigenvalue weighted by atomic mass is 10.1. The van der Waals surface area contributed by atoms with Gasteiger partial charge < -0.3 is 15.4 Å². The Morgan fingerprint density at radius 2 is 1.56 bits per heavy atom. The van der Waals surface area contributed by atoms with E-state index in [1.54, 1.807) is 0 Å². The molecule has 0 radical (unpaired) electrons. The van der Waals surface area contributed by atoms with Crippen molar-refractivity contribution >= 4 is 17.5 Å². The Morgan fingerprint density at radius 3 is 2.22 bits per heavy atom. The number of aromatic nitrogens is 2. The molecule has 2 N–H and O–H groups in total. The fourth-order valence-electron chi connectivity index (χ4n) is 2.32. The molecule has 1 aromatic heterocycles. The van der Waals surface area contributed by atoms with Crippen molar-refractivity contribution in [1.29, 1.82) is 0 Å². The van der Waals surface area contributed by atoms with Gasteiger partial charge in [-0.05, 0) is 45.0 Å². The topological polar surface area (TPSA) is 76.1 Å². The van der Waals surface area contributed by atoms with E-state index in [0.29, 0.717) is 17.3 Å². The van der Waals surface area contributed by atoms with Gasteiger partial charge in [0.15, 0.2) is 5.75 Å². The lowest BCUT2D eigenvalue weighted by Gasteiger charge is -2.20. The number of benzene rings is 2. The van der Waals surface area contributed by atoms with E-state index in [0.717, 1.165) is 11.4 Å². The van der Waals surface area contributed by atoms with Crippen LogP contribution in [0.15, 0.2) is 67.0 Å². The molecule has 0 unspecified atom stereocenters. The Bertz CT molecular complexity index is 903. The highest BCUT2D eigenvalue weighted by Crippen LogP contribution is 2.30. The molecular formula is C21H22N4O2. The molecule has 0 bridgehead atoms. The third kappa shape index (κ3) is 5.28. The Hall–Kier alpha value is -3.41. The zero-order valence-corrected chi connectivity index (χ0v) is 15.6. The smallest absolute Gasteiger partial charge is 0.254 e. The van der Waals surface area contributed by atoms with Crippen molar-refractivity contribution < 1.29 is 9.53 Å². The van der Waals surface area contributed by atoms with Gasteiger partial charge in [-0.15, -0.1) is 0 Å². The fourth-order valence-corrected chi connectivity index (χ4v) is 2.32. The lowest BCUT2D eigenvalue weighted by Crippen LogP contribution is -2.40. The van der Waals surface area contributed by atoms with Crippen molar-refractivity contribution in [1.82, 2.24) is 15.3 Å². The van der Waals surface area contributed by atoms with Crippen molar-refractivity contribution in [3.63, 3.8) is 0 Å². The number of hydrogen-bond acceptors (Lipinski definition) is 5. The molecule has 3 rings (SSSR count). The second-order valence-corrected chi connectivity index (χ2v) is 7.04. The monoisotopic (exact) mass is 362 g/mol. The summed E-state index contributed by atoms with van der Waals surface area (Å²) < 4.78 is 5.92. The zero-order valence-electron chi connectivity index (χ0n) is 15.6. The summed E-state index contributed by atoms with van der Waals surface area (Å²) in [4.78, 5) is 20.6. The molecule has 0 aliphatic carbocycles. The summed E-state index contributed by atoms with van der Waals surface area (Å²) >= 11 is 0. The molecule has 1 heterocycles. The van der Waals surface area contributed by atoms with Crippen molar-refractivity contribution in [2.75, 3.05) is 5.32 Å². The quantitative estimate of drug-likeness (QED) is 0.697. The summed E-state index contributed by atoms with van der Waals surface area (Å²) in [5.74, 6) is 1.57. The first-order chi connectivity index (χ1) is 12.9. The van der Waals surface area contributed by atoms with E-state index in [4.69, 9.17) is 4.74 Å². The molecule has 3 aromatic rings. The fraction of sp³-hybridized carbons (Fsp3) is 0.190. The van der Waals surface area contributed by atoms with Gasteiger partial charge in [-0.3, -0.25) is 4.79 Å². The van der Waals surface area contributed by atoms with E-state index < -0.39 is 0 Å². The second-order valence-electron chi connectivity index (χ2n) is 7.04. The highest BCUT2D eigenvalue weighted by atomic mass is 16.5. The molecule has 0 saturated carbocycles. The van der Waals surface area contributed by atoms with E-state index in [1.165, 1.54) is 12.4 Å². The summed E-state index contributed by atoms with van der Waals surface area (Å²) in [7, 11) is 0. The maximum Gasteiger partial charge on any atom is 0.254 e. The third-order valence-corrected chi connectivity index (χ3v) is 3.51. The van der Waals surface area contributed by atoms with Crippen LogP contribution in [0.5, 0.6) is 11.5 Å². The normalized spacial score (nSPS) is 10.9. The summed E-state index contributed by atoms with van der Waals surface area (Å²) in [5, 5.41) is 6.01. The van der Waals surface area contributed by atoms with E-state index in [2.05, 4.69) is 20.6 Å². The van der Waals surface area contributed by atoms with Gasteiger partial charge in [-0.1, -0.05) is 30.3 Å². The van der Waals surface area contributed by atoms with Gasteiger partial charge in [0.1, 0.15) is 5.75 Å². The Morgan fingerprint density at radius 1 is 0.926 bits per heavy atom. The molecule has 0 fully saturated rings. The van der Waals surface area contributed by atoms with Crippen molar-refractivity contribution in [3.8, 4) is 11.5 Å². The molecule has 27 heavy (non-hydrogen) atoms. The van der Waals surface area contributed by atoms with Crippen LogP contribution in [0.25, 0.3) is 0 Å². The van der Waals surface area contributed by atoms with Gasteiger partial charge in [-0.25, -0.2) is 9.97 Å². The van der Waals surface area contributed by atoms with Gasteiger partial charge in [0.2, 0.25) is 5.95 Å². The number of nitrogens with one attached hydrogen (secondary N) is 2. The number of hydrogen-bond donors (Lipinski definition) is 2. The molecule has 6 heteroatoms. The molecule has 0 spiro atoms. The first-order valence-electron chi connectivity index (χ1n) is 8.64. The molecule has 2 aromatic carbocycles. The minimum atomic E-state index is -0.318.